The molecule has 9 heavy (non-hydrogen) atoms. The predicted octanol–water partition coefficient (Wildman–Crippen LogP) is 0.500. The number of nitrogens with two attached hydrogens (primary N) is 1. The van der Waals surface area contributed by atoms with Gasteiger partial charge in [0.25, 0.3) is 0 Å². The standard InChI is InChI=1S/C6H12N2O/c1-2-5(7)6-3-4-9-8-6/h5H,2-4,7H2,1H3. The van der Waals surface area contributed by atoms with Crippen molar-refractivity contribution in [2.24, 2.45) is 10.9 Å². The molecule has 0 aromatic carbocycles. The first-order valence-electron chi connectivity index (χ1n) is 3.29. The topological polar surface area (TPSA) is 47.6 Å². The van der Waals surface area contributed by atoms with Crippen LogP contribution in [0.3, 0.4) is 0 Å². The molecule has 0 amide bonds. The average Bonchev–Trinajstić information content (AvgIpc) is 2.37. The van der Waals surface area contributed by atoms with Gasteiger partial charge in [-0.3, -0.25) is 0 Å². The zero-order valence-corrected chi connectivity index (χ0v) is 5.63. The lowest BCUT2D eigenvalue weighted by Gasteiger charge is -2.03. The van der Waals surface area contributed by atoms with Crippen LogP contribution < -0.4 is 5.73 Å². The van der Waals surface area contributed by atoms with E-state index in [-0.39, 0.29) is 6.04 Å². The molecule has 52 valence electrons. The van der Waals surface area contributed by atoms with Gasteiger partial charge in [0, 0.05) is 12.5 Å². The molecule has 0 spiro atoms. The molecule has 1 aliphatic rings. The zero-order valence-electron chi connectivity index (χ0n) is 5.63. The van der Waals surface area contributed by atoms with E-state index < -0.39 is 0 Å². The summed E-state index contributed by atoms with van der Waals surface area (Å²) in [6, 6.07) is 0.118. The molecule has 3 heteroatoms. The van der Waals surface area contributed by atoms with Crippen LogP contribution in [0.5, 0.6) is 0 Å². The second-order valence-corrected chi connectivity index (χ2v) is 2.18. The SMILES string of the molecule is CCC(N)C1=NOCC1. The second kappa shape index (κ2) is 2.82. The molecule has 1 rings (SSSR count). The molecule has 0 bridgehead atoms. The van der Waals surface area contributed by atoms with Crippen molar-refractivity contribution < 1.29 is 4.84 Å². The lowest BCUT2D eigenvalue weighted by atomic mass is 10.1. The Hall–Kier alpha value is -0.570. The third-order valence-corrected chi connectivity index (χ3v) is 1.50. The van der Waals surface area contributed by atoms with E-state index in [1.54, 1.807) is 0 Å². The molecule has 2 N–H and O–H groups in total. The Morgan fingerprint density at radius 3 is 3.11 bits per heavy atom. The Balaban J connectivity index is 2.40. The van der Waals surface area contributed by atoms with Gasteiger partial charge >= 0.3 is 0 Å². The number of hydrogen-bond donors (Lipinski definition) is 1. The van der Waals surface area contributed by atoms with Gasteiger partial charge < -0.3 is 10.6 Å². The van der Waals surface area contributed by atoms with E-state index in [2.05, 4.69) is 5.16 Å². The summed E-state index contributed by atoms with van der Waals surface area (Å²) in [5.74, 6) is 0. The zero-order chi connectivity index (χ0) is 6.69. The van der Waals surface area contributed by atoms with Crippen LogP contribution in [0.4, 0.5) is 0 Å². The van der Waals surface area contributed by atoms with Crippen molar-refractivity contribution in [3.8, 4) is 0 Å². The van der Waals surface area contributed by atoms with E-state index in [9.17, 15) is 0 Å². The van der Waals surface area contributed by atoms with Crippen LogP contribution >= 0.6 is 0 Å². The minimum atomic E-state index is 0.118. The molecule has 3 nitrogen and oxygen atoms in total. The summed E-state index contributed by atoms with van der Waals surface area (Å²) >= 11 is 0. The van der Waals surface area contributed by atoms with Gasteiger partial charge in [-0.25, -0.2) is 0 Å². The van der Waals surface area contributed by atoms with Crippen LogP contribution in [0.15, 0.2) is 5.16 Å². The summed E-state index contributed by atoms with van der Waals surface area (Å²) in [4.78, 5) is 4.79. The maximum absolute atomic E-state index is 5.67. The van der Waals surface area contributed by atoms with Gasteiger partial charge in [-0.1, -0.05) is 12.1 Å². The predicted molar refractivity (Wildman–Crippen MR) is 36.3 cm³/mol. The molecule has 0 aromatic heterocycles. The van der Waals surface area contributed by atoms with Crippen molar-refractivity contribution in [2.45, 2.75) is 25.8 Å². The Kier molecular flexibility index (Phi) is 2.05. The number of hydrogen-bond acceptors (Lipinski definition) is 3. The van der Waals surface area contributed by atoms with Crippen LogP contribution in [0.1, 0.15) is 19.8 Å². The maximum Gasteiger partial charge on any atom is 0.122 e. The summed E-state index contributed by atoms with van der Waals surface area (Å²) < 4.78 is 0. The molecular weight excluding hydrogens is 116 g/mol. The van der Waals surface area contributed by atoms with Gasteiger partial charge in [-0.15, -0.1) is 0 Å². The molecule has 0 saturated heterocycles. The van der Waals surface area contributed by atoms with Gasteiger partial charge in [-0.05, 0) is 6.42 Å². The van der Waals surface area contributed by atoms with Gasteiger partial charge in [0.05, 0.1) is 5.71 Å². The summed E-state index contributed by atoms with van der Waals surface area (Å²) in [5.41, 5.74) is 6.68. The molecule has 0 aromatic rings. The Labute approximate surface area is 54.9 Å². The van der Waals surface area contributed by atoms with Gasteiger partial charge in [0.15, 0.2) is 0 Å². The highest BCUT2D eigenvalue weighted by Crippen LogP contribution is 2.04. The number of rotatable bonds is 2. The van der Waals surface area contributed by atoms with Crippen LogP contribution in [-0.4, -0.2) is 18.4 Å². The summed E-state index contributed by atoms with van der Waals surface area (Å²) in [6.07, 6.45) is 1.86. The fraction of sp³-hybridized carbons (Fsp3) is 0.833. The van der Waals surface area contributed by atoms with E-state index in [0.717, 1.165) is 18.6 Å². The Morgan fingerprint density at radius 2 is 2.67 bits per heavy atom. The number of oxime groups is 1. The highest BCUT2D eigenvalue weighted by atomic mass is 16.6. The summed E-state index contributed by atoms with van der Waals surface area (Å²) in [7, 11) is 0. The van der Waals surface area contributed by atoms with Crippen molar-refractivity contribution in [2.75, 3.05) is 6.61 Å². The lowest BCUT2D eigenvalue weighted by molar-refractivity contribution is 0.173. The van der Waals surface area contributed by atoms with Crippen molar-refractivity contribution in [3.05, 3.63) is 0 Å². The normalized spacial score (nSPS) is 20.9. The van der Waals surface area contributed by atoms with E-state index >= 15 is 0 Å². The monoisotopic (exact) mass is 128 g/mol. The third-order valence-electron chi connectivity index (χ3n) is 1.50. The van der Waals surface area contributed by atoms with Gasteiger partial charge in [-0.2, -0.15) is 0 Å². The van der Waals surface area contributed by atoms with E-state index in [1.165, 1.54) is 0 Å². The molecule has 1 atom stereocenters. The average molecular weight is 128 g/mol. The van der Waals surface area contributed by atoms with E-state index in [0.29, 0.717) is 6.61 Å². The van der Waals surface area contributed by atoms with Gasteiger partial charge in [0.1, 0.15) is 6.61 Å². The molecule has 0 saturated carbocycles. The fourth-order valence-electron chi connectivity index (χ4n) is 0.813. The van der Waals surface area contributed by atoms with Crippen molar-refractivity contribution in [3.63, 3.8) is 0 Å². The fourth-order valence-corrected chi connectivity index (χ4v) is 0.813. The highest BCUT2D eigenvalue weighted by Gasteiger charge is 2.13. The number of nitrogens with zero attached hydrogens (tertiary/aromatic N) is 1. The molecule has 1 unspecified atom stereocenters. The highest BCUT2D eigenvalue weighted by molar-refractivity contribution is 5.89. The minimum absolute atomic E-state index is 0.118. The first-order chi connectivity index (χ1) is 4.34. The van der Waals surface area contributed by atoms with Crippen LogP contribution in [0.2, 0.25) is 0 Å². The summed E-state index contributed by atoms with van der Waals surface area (Å²) in [5, 5.41) is 3.80. The third kappa shape index (κ3) is 1.42. The first-order valence-corrected chi connectivity index (χ1v) is 3.29. The van der Waals surface area contributed by atoms with Crippen molar-refractivity contribution in [1.82, 2.24) is 0 Å². The lowest BCUT2D eigenvalue weighted by Crippen LogP contribution is -2.28. The largest absolute Gasteiger partial charge is 0.395 e. The van der Waals surface area contributed by atoms with Crippen LogP contribution in [-0.2, 0) is 4.84 Å². The van der Waals surface area contributed by atoms with Crippen molar-refractivity contribution >= 4 is 5.71 Å². The quantitative estimate of drug-likeness (QED) is 0.588. The van der Waals surface area contributed by atoms with E-state index in [4.69, 9.17) is 10.6 Å². The maximum atomic E-state index is 5.67. The van der Waals surface area contributed by atoms with E-state index in [1.807, 2.05) is 6.92 Å². The smallest absolute Gasteiger partial charge is 0.122 e. The molecule has 0 fully saturated rings. The minimum Gasteiger partial charge on any atom is -0.395 e. The molecule has 1 aliphatic heterocycles. The summed E-state index contributed by atoms with van der Waals surface area (Å²) in [6.45, 7) is 2.76. The van der Waals surface area contributed by atoms with Crippen LogP contribution in [0, 0.1) is 0 Å². The molecule has 0 aliphatic carbocycles. The first kappa shape index (κ1) is 6.55. The second-order valence-electron chi connectivity index (χ2n) is 2.18. The van der Waals surface area contributed by atoms with Crippen molar-refractivity contribution in [1.29, 1.82) is 0 Å². The van der Waals surface area contributed by atoms with Gasteiger partial charge in [0.2, 0.25) is 0 Å². The molecule has 0 radical (unpaired) electrons. The molecule has 1 heterocycles. The Morgan fingerprint density at radius 1 is 1.89 bits per heavy atom. The Bertz CT molecular complexity index is 122. The molecular formula is C6H12N2O. The van der Waals surface area contributed by atoms with Crippen LogP contribution in [0.25, 0.3) is 0 Å².